The number of aromatic nitrogens is 2. The summed E-state index contributed by atoms with van der Waals surface area (Å²) in [5.74, 6) is 0.418. The monoisotopic (exact) mass is 359 g/mol. The molecule has 1 atom stereocenters. The molecule has 0 amide bonds. The standard InChI is InChI=1S/C18H21N3O3S/c1-15-4-6-16(7-5-15)8-12-25(22,23)21-11-2-3-17(14-21)24-18-13-19-9-10-20-18/h4-10,12-13,17H,2-3,11,14H2,1H3/b12-8+. The summed E-state index contributed by atoms with van der Waals surface area (Å²) >= 11 is 0. The number of nitrogens with zero attached hydrogens (tertiary/aromatic N) is 3. The summed E-state index contributed by atoms with van der Waals surface area (Å²) in [5.41, 5.74) is 2.00. The van der Waals surface area contributed by atoms with Gasteiger partial charge in [0, 0.05) is 24.3 Å². The van der Waals surface area contributed by atoms with Crippen molar-refractivity contribution >= 4 is 16.1 Å². The van der Waals surface area contributed by atoms with Gasteiger partial charge in [0.2, 0.25) is 15.9 Å². The van der Waals surface area contributed by atoms with Gasteiger partial charge in [0.1, 0.15) is 6.10 Å². The third kappa shape index (κ3) is 4.87. The summed E-state index contributed by atoms with van der Waals surface area (Å²) in [5, 5.41) is 1.27. The topological polar surface area (TPSA) is 72.4 Å². The fourth-order valence-corrected chi connectivity index (χ4v) is 3.94. The van der Waals surface area contributed by atoms with Crippen molar-refractivity contribution in [3.05, 3.63) is 59.4 Å². The van der Waals surface area contributed by atoms with E-state index in [1.807, 2.05) is 31.2 Å². The van der Waals surface area contributed by atoms with Crippen LogP contribution in [0.15, 0.2) is 48.3 Å². The average Bonchev–Trinajstić information content (AvgIpc) is 2.62. The zero-order valence-electron chi connectivity index (χ0n) is 14.1. The molecule has 1 saturated heterocycles. The van der Waals surface area contributed by atoms with Crippen molar-refractivity contribution in [3.8, 4) is 5.88 Å². The number of ether oxygens (including phenoxy) is 1. The molecule has 2 heterocycles. The summed E-state index contributed by atoms with van der Waals surface area (Å²) in [6.07, 6.45) is 7.62. The molecule has 0 bridgehead atoms. The van der Waals surface area contributed by atoms with E-state index in [4.69, 9.17) is 4.74 Å². The molecule has 1 aliphatic heterocycles. The molecule has 1 aromatic heterocycles. The van der Waals surface area contributed by atoms with Crippen LogP contribution in [0, 0.1) is 6.92 Å². The van der Waals surface area contributed by atoms with E-state index in [9.17, 15) is 8.42 Å². The van der Waals surface area contributed by atoms with E-state index in [0.29, 0.717) is 19.0 Å². The second-order valence-electron chi connectivity index (χ2n) is 6.04. The molecule has 0 spiro atoms. The largest absolute Gasteiger partial charge is 0.472 e. The van der Waals surface area contributed by atoms with Crippen molar-refractivity contribution in [2.45, 2.75) is 25.9 Å². The highest BCUT2D eigenvalue weighted by molar-refractivity contribution is 7.92. The first-order chi connectivity index (χ1) is 12.0. The predicted molar refractivity (Wildman–Crippen MR) is 96.4 cm³/mol. The van der Waals surface area contributed by atoms with E-state index in [1.165, 1.54) is 15.9 Å². The molecule has 132 valence electrons. The van der Waals surface area contributed by atoms with Gasteiger partial charge in [-0.05, 0) is 31.4 Å². The number of rotatable bonds is 5. The van der Waals surface area contributed by atoms with Crippen LogP contribution in [0.5, 0.6) is 5.88 Å². The van der Waals surface area contributed by atoms with E-state index >= 15 is 0 Å². The van der Waals surface area contributed by atoms with Gasteiger partial charge in [-0.15, -0.1) is 0 Å². The molecular weight excluding hydrogens is 338 g/mol. The van der Waals surface area contributed by atoms with Gasteiger partial charge in [0.05, 0.1) is 12.7 Å². The molecule has 1 unspecified atom stereocenters. The zero-order chi connectivity index (χ0) is 17.7. The summed E-state index contributed by atoms with van der Waals surface area (Å²) in [4.78, 5) is 8.03. The van der Waals surface area contributed by atoms with Gasteiger partial charge in [-0.25, -0.2) is 13.4 Å². The van der Waals surface area contributed by atoms with Crippen LogP contribution in [-0.4, -0.2) is 41.9 Å². The van der Waals surface area contributed by atoms with E-state index < -0.39 is 10.0 Å². The first-order valence-electron chi connectivity index (χ1n) is 8.20. The Morgan fingerprint density at radius 1 is 1.24 bits per heavy atom. The van der Waals surface area contributed by atoms with E-state index in [1.54, 1.807) is 18.5 Å². The number of benzene rings is 1. The van der Waals surface area contributed by atoms with Crippen LogP contribution < -0.4 is 4.74 Å². The normalized spacial score (nSPS) is 19.2. The van der Waals surface area contributed by atoms with Crippen LogP contribution in [0.3, 0.4) is 0 Å². The van der Waals surface area contributed by atoms with Crippen molar-refractivity contribution < 1.29 is 13.2 Å². The minimum Gasteiger partial charge on any atom is -0.472 e. The van der Waals surface area contributed by atoms with E-state index in [-0.39, 0.29) is 6.10 Å². The first-order valence-corrected chi connectivity index (χ1v) is 9.71. The molecule has 0 N–H and O–H groups in total. The van der Waals surface area contributed by atoms with Crippen LogP contribution in [0.25, 0.3) is 6.08 Å². The molecule has 0 radical (unpaired) electrons. The lowest BCUT2D eigenvalue weighted by Crippen LogP contribution is -2.43. The zero-order valence-corrected chi connectivity index (χ0v) is 14.9. The van der Waals surface area contributed by atoms with Crippen molar-refractivity contribution in [1.82, 2.24) is 14.3 Å². The Labute approximate surface area is 148 Å². The van der Waals surface area contributed by atoms with Crippen molar-refractivity contribution in [2.75, 3.05) is 13.1 Å². The molecule has 25 heavy (non-hydrogen) atoms. The van der Waals surface area contributed by atoms with Crippen molar-refractivity contribution in [2.24, 2.45) is 0 Å². The summed E-state index contributed by atoms with van der Waals surface area (Å²) < 4.78 is 32.4. The Balaban J connectivity index is 1.66. The Kier molecular flexibility index (Phi) is 5.45. The lowest BCUT2D eigenvalue weighted by molar-refractivity contribution is 0.125. The second-order valence-corrected chi connectivity index (χ2v) is 7.86. The maximum atomic E-state index is 12.6. The molecule has 1 aromatic carbocycles. The highest BCUT2D eigenvalue weighted by atomic mass is 32.2. The fourth-order valence-electron chi connectivity index (χ4n) is 2.68. The maximum Gasteiger partial charge on any atom is 0.236 e. The van der Waals surface area contributed by atoms with Gasteiger partial charge in [0.15, 0.2) is 0 Å². The Bertz CT molecular complexity index is 820. The third-order valence-corrected chi connectivity index (χ3v) is 5.57. The average molecular weight is 359 g/mol. The Morgan fingerprint density at radius 2 is 2.04 bits per heavy atom. The number of hydrogen-bond donors (Lipinski definition) is 0. The Hall–Kier alpha value is -2.25. The minimum atomic E-state index is -3.48. The predicted octanol–water partition coefficient (Wildman–Crippen LogP) is 2.63. The molecule has 0 saturated carbocycles. The van der Waals surface area contributed by atoms with Crippen molar-refractivity contribution in [3.63, 3.8) is 0 Å². The smallest absolute Gasteiger partial charge is 0.236 e. The lowest BCUT2D eigenvalue weighted by Gasteiger charge is -2.30. The van der Waals surface area contributed by atoms with Crippen LogP contribution in [-0.2, 0) is 10.0 Å². The minimum absolute atomic E-state index is 0.215. The summed E-state index contributed by atoms with van der Waals surface area (Å²) in [7, 11) is -3.48. The second kappa shape index (κ2) is 7.76. The third-order valence-electron chi connectivity index (χ3n) is 4.04. The van der Waals surface area contributed by atoms with Gasteiger partial charge in [-0.1, -0.05) is 29.8 Å². The number of piperidine rings is 1. The molecular formula is C18H21N3O3S. The van der Waals surface area contributed by atoms with Crippen molar-refractivity contribution in [1.29, 1.82) is 0 Å². The van der Waals surface area contributed by atoms with E-state index in [2.05, 4.69) is 9.97 Å². The van der Waals surface area contributed by atoms with Crippen LogP contribution in [0.4, 0.5) is 0 Å². The first kappa shape index (κ1) is 17.6. The number of aryl methyl sites for hydroxylation is 1. The molecule has 2 aromatic rings. The number of sulfonamides is 1. The molecule has 0 aliphatic carbocycles. The highest BCUT2D eigenvalue weighted by Gasteiger charge is 2.28. The molecule has 3 rings (SSSR count). The van der Waals surface area contributed by atoms with Gasteiger partial charge >= 0.3 is 0 Å². The summed E-state index contributed by atoms with van der Waals surface area (Å²) in [6, 6.07) is 7.71. The van der Waals surface area contributed by atoms with E-state index in [0.717, 1.165) is 24.0 Å². The molecule has 1 aliphatic rings. The lowest BCUT2D eigenvalue weighted by atomic mass is 10.1. The van der Waals surface area contributed by atoms with Gasteiger partial charge in [-0.3, -0.25) is 4.98 Å². The molecule has 6 nitrogen and oxygen atoms in total. The number of hydrogen-bond acceptors (Lipinski definition) is 5. The quantitative estimate of drug-likeness (QED) is 0.821. The fraction of sp³-hybridized carbons (Fsp3) is 0.333. The highest BCUT2D eigenvalue weighted by Crippen LogP contribution is 2.19. The SMILES string of the molecule is Cc1ccc(/C=C/S(=O)(=O)N2CCCC(Oc3cnccn3)C2)cc1. The van der Waals surface area contributed by atoms with Gasteiger partial charge < -0.3 is 4.74 Å². The maximum absolute atomic E-state index is 12.6. The van der Waals surface area contributed by atoms with Crippen LogP contribution in [0.2, 0.25) is 0 Å². The molecule has 7 heteroatoms. The van der Waals surface area contributed by atoms with Gasteiger partial charge in [-0.2, -0.15) is 4.31 Å². The molecule has 1 fully saturated rings. The van der Waals surface area contributed by atoms with Crippen LogP contribution in [0.1, 0.15) is 24.0 Å². The van der Waals surface area contributed by atoms with Crippen LogP contribution >= 0.6 is 0 Å². The summed E-state index contributed by atoms with van der Waals surface area (Å²) in [6.45, 7) is 2.81. The van der Waals surface area contributed by atoms with Gasteiger partial charge in [0.25, 0.3) is 0 Å². The Morgan fingerprint density at radius 3 is 2.76 bits per heavy atom.